The van der Waals surface area contributed by atoms with E-state index in [9.17, 15) is 50.0 Å². The fourth-order valence-electron chi connectivity index (χ4n) is 4.39. The molecule has 0 saturated carbocycles. The molecule has 24 heteroatoms. The lowest BCUT2D eigenvalue weighted by molar-refractivity contribution is -0.385. The summed E-state index contributed by atoms with van der Waals surface area (Å²) in [6.45, 7) is 20.4. The Balaban J connectivity index is 0.000000287. The second-order valence-corrected chi connectivity index (χ2v) is 11.4. The van der Waals surface area contributed by atoms with Crippen LogP contribution in [0.2, 0.25) is 0 Å². The van der Waals surface area contributed by atoms with Crippen molar-refractivity contribution >= 4 is 62.6 Å². The second-order valence-electron chi connectivity index (χ2n) is 11.1. The van der Waals surface area contributed by atoms with Gasteiger partial charge in [-0.25, -0.2) is 21.5 Å². The lowest BCUT2D eigenvalue weighted by Crippen LogP contribution is -2.14. The van der Waals surface area contributed by atoms with Crippen LogP contribution in [-0.4, -0.2) is 54.1 Å². The third kappa shape index (κ3) is 13.4. The summed E-state index contributed by atoms with van der Waals surface area (Å²) in [6, 6.07) is 23.0. The zero-order chi connectivity index (χ0) is 46.5. The number of allylic oxidation sites excluding steroid dienone is 1. The Bertz CT molecular complexity index is 2680. The highest BCUT2D eigenvalue weighted by molar-refractivity contribution is 6.67. The minimum Gasteiger partial charge on any atom is -0.506 e. The highest BCUT2D eigenvalue weighted by Gasteiger charge is 2.24. The first-order valence-corrected chi connectivity index (χ1v) is 16.6. The number of aromatic nitrogens is 2. The summed E-state index contributed by atoms with van der Waals surface area (Å²) in [5.74, 6) is -0.418. The van der Waals surface area contributed by atoms with E-state index in [0.717, 1.165) is 12.1 Å². The Labute approximate surface area is 353 Å². The van der Waals surface area contributed by atoms with Crippen molar-refractivity contribution in [2.24, 2.45) is 0 Å². The van der Waals surface area contributed by atoms with Gasteiger partial charge in [-0.15, -0.1) is 0 Å². The number of nitriles is 2. The molecule has 0 amide bonds. The van der Waals surface area contributed by atoms with Crippen molar-refractivity contribution in [3.05, 3.63) is 194 Å². The Morgan fingerprint density at radius 1 is 0.742 bits per heavy atom. The number of ketones is 1. The van der Waals surface area contributed by atoms with Crippen LogP contribution in [0.1, 0.15) is 26.3 Å². The van der Waals surface area contributed by atoms with Gasteiger partial charge in [0.05, 0.1) is 51.7 Å². The van der Waals surface area contributed by atoms with Crippen LogP contribution in [-0.2, 0) is 4.74 Å². The summed E-state index contributed by atoms with van der Waals surface area (Å²) in [6.07, 6.45) is 0. The van der Waals surface area contributed by atoms with Gasteiger partial charge < -0.3 is 10.5 Å². The van der Waals surface area contributed by atoms with Crippen LogP contribution < -0.4 is 5.73 Å². The molecule has 0 aliphatic carbocycles. The number of nitrogens with one attached hydrogen (secondary N) is 1. The van der Waals surface area contributed by atoms with Gasteiger partial charge in [0.15, 0.2) is 11.9 Å². The number of nitro groups is 4. The van der Waals surface area contributed by atoms with Gasteiger partial charge in [-0.2, -0.15) is 10.4 Å². The van der Waals surface area contributed by atoms with E-state index in [2.05, 4.69) is 24.7 Å². The molecule has 4 aromatic carbocycles. The summed E-state index contributed by atoms with van der Waals surface area (Å²) in [5.41, 5.74) is 7.17. The minimum absolute atomic E-state index is 0.00870. The van der Waals surface area contributed by atoms with Gasteiger partial charge in [0.2, 0.25) is 0 Å². The first-order chi connectivity index (χ1) is 29.5. The van der Waals surface area contributed by atoms with Crippen molar-refractivity contribution in [3.63, 3.8) is 0 Å². The Morgan fingerprint density at radius 3 is 1.47 bits per heavy atom. The molecule has 3 N–H and O–H groups in total. The highest BCUT2D eigenvalue weighted by atomic mass is 35.5. The molecule has 5 aromatic rings. The molecular weight excluding hydrogens is 836 g/mol. The number of ether oxygens (including phenoxy) is 1. The lowest BCUT2D eigenvalue weighted by Gasteiger charge is -2.05. The van der Waals surface area contributed by atoms with Gasteiger partial charge >= 0.3 is 11.7 Å². The van der Waals surface area contributed by atoms with Crippen LogP contribution in [0.15, 0.2) is 103 Å². The maximum atomic E-state index is 11.5. The monoisotopic (exact) mass is 858 g/mol. The fourth-order valence-corrected chi connectivity index (χ4v) is 4.52. The lowest BCUT2D eigenvalue weighted by atomic mass is 10.1. The summed E-state index contributed by atoms with van der Waals surface area (Å²) in [7, 11) is 1.33. The average molecular weight is 859 g/mol. The Morgan fingerprint density at radius 2 is 1.15 bits per heavy atom. The van der Waals surface area contributed by atoms with E-state index in [1.807, 2.05) is 0 Å². The molecule has 308 valence electrons. The van der Waals surface area contributed by atoms with Crippen molar-refractivity contribution in [2.45, 2.75) is 6.04 Å². The molecule has 1 unspecified atom stereocenters. The van der Waals surface area contributed by atoms with E-state index in [1.165, 1.54) is 79.9 Å². The van der Waals surface area contributed by atoms with E-state index < -0.39 is 36.8 Å². The van der Waals surface area contributed by atoms with Crippen molar-refractivity contribution in [1.29, 1.82) is 10.5 Å². The van der Waals surface area contributed by atoms with Crippen LogP contribution in [0.4, 0.5) is 34.3 Å². The number of benzene rings is 4. The highest BCUT2D eigenvalue weighted by Crippen LogP contribution is 2.33. The predicted molar refractivity (Wildman–Crippen MR) is 217 cm³/mol. The molecule has 62 heavy (non-hydrogen) atoms. The predicted octanol–water partition coefficient (Wildman–Crippen LogP) is 8.03. The van der Waals surface area contributed by atoms with Crippen molar-refractivity contribution < 1.29 is 34.0 Å². The molecule has 1 heterocycles. The smallest absolute Gasteiger partial charge is 0.368 e. The Kier molecular flexibility index (Phi) is 18.2. The SMILES string of the molecule is O=C(Cl)c1ccc([N+](=O)[O-])cc1.[C-]#[N+]/C(C#N)=C(/OC)c1ccc([N+](=O)[O-])cc1.[C-]#[N+]C(C#N)C(=O)c1ccc([N+](=O)[O-])cc1.[C-]#[N+]c1c(N)n[nH]c1-c1ccc([N+](=O)[O-])cc1. The van der Waals surface area contributed by atoms with Gasteiger partial charge in [0.1, 0.15) is 5.76 Å². The number of hydrogen-bond acceptors (Lipinski definition) is 15. The normalized spacial score (nSPS) is 10.3. The number of carbonyl (C=O) groups is 2. The number of non-ortho nitro benzene ring substituents is 4. The summed E-state index contributed by atoms with van der Waals surface area (Å²) < 4.78 is 4.95. The molecule has 0 aliphatic rings. The number of aromatic amines is 1. The van der Waals surface area contributed by atoms with Crippen molar-refractivity contribution in [3.8, 4) is 23.4 Å². The van der Waals surface area contributed by atoms with E-state index in [4.69, 9.17) is 52.3 Å². The first-order valence-electron chi connectivity index (χ1n) is 16.2. The van der Waals surface area contributed by atoms with Crippen LogP contribution in [0, 0.1) is 82.8 Å². The maximum Gasteiger partial charge on any atom is 0.368 e. The van der Waals surface area contributed by atoms with Crippen LogP contribution in [0.3, 0.4) is 0 Å². The first kappa shape index (κ1) is 48.3. The minimum atomic E-state index is -1.39. The summed E-state index contributed by atoms with van der Waals surface area (Å²) in [5, 5.41) is 64.4. The summed E-state index contributed by atoms with van der Waals surface area (Å²) >= 11 is 5.13. The maximum absolute atomic E-state index is 11.5. The second kappa shape index (κ2) is 23.4. The van der Waals surface area contributed by atoms with Gasteiger partial charge in [-0.3, -0.25) is 60.0 Å². The average Bonchev–Trinajstić information content (AvgIpc) is 3.66. The Hall–Kier alpha value is -9.89. The zero-order valence-electron chi connectivity index (χ0n) is 31.2. The molecule has 5 rings (SSSR count). The molecule has 0 aliphatic heterocycles. The molecule has 1 atom stereocenters. The van der Waals surface area contributed by atoms with Crippen LogP contribution >= 0.6 is 11.6 Å². The number of nitro benzene ring substituents is 4. The molecule has 0 saturated heterocycles. The van der Waals surface area contributed by atoms with E-state index in [-0.39, 0.29) is 56.8 Å². The third-order valence-corrected chi connectivity index (χ3v) is 7.61. The largest absolute Gasteiger partial charge is 0.506 e. The molecule has 0 spiro atoms. The van der Waals surface area contributed by atoms with Gasteiger partial charge in [-0.05, 0) is 65.7 Å². The van der Waals surface area contributed by atoms with Gasteiger partial charge in [0.25, 0.3) is 39.5 Å². The zero-order valence-corrected chi connectivity index (χ0v) is 32.0. The van der Waals surface area contributed by atoms with E-state index >= 15 is 0 Å². The quantitative estimate of drug-likeness (QED) is 0.0255. The molecule has 0 bridgehead atoms. The number of rotatable bonds is 10. The number of anilines is 1. The standard InChI is InChI=1S/C11H7N3O3.C10H7N5O2.C10H5N3O3.C7H4ClNO3/c1-13-10(7-12)11(17-2)8-3-5-9(6-4-8)14(15)16;1-12-9-8(13-14-10(9)11)6-2-4-7(5-3-6)15(16)17;1-12-9(6-11)10(14)7-2-4-8(5-3-7)13(15)16;8-7(10)5-1-3-6(4-2-5)9(11)12/h3-6H,2H3;2-5H,(H3,11,13,14);2-5,9H;1-4H/b11-10+;;;. The number of methoxy groups -OCH3 is 1. The number of H-pyrrole nitrogens is 1. The number of nitrogens with two attached hydrogens (primary N) is 1. The van der Waals surface area contributed by atoms with Crippen LogP contribution in [0.25, 0.3) is 31.6 Å². The topological polar surface area (TPSA) is 331 Å². The number of nitrogens with zero attached hydrogens (tertiary/aromatic N) is 10. The van der Waals surface area contributed by atoms with Gasteiger partial charge in [-0.1, -0.05) is 0 Å². The van der Waals surface area contributed by atoms with Crippen LogP contribution in [0.5, 0.6) is 0 Å². The van der Waals surface area contributed by atoms with E-state index in [1.54, 1.807) is 24.3 Å². The molecular formula is C38H23ClN12O11. The fraction of sp³-hybridized carbons (Fsp3) is 0.0526. The number of nitrogen functional groups attached to an aromatic ring is 1. The molecule has 0 radical (unpaired) electrons. The van der Waals surface area contributed by atoms with E-state index in [0.29, 0.717) is 16.8 Å². The van der Waals surface area contributed by atoms with Gasteiger partial charge in [0, 0.05) is 65.2 Å². The van der Waals surface area contributed by atoms with Crippen molar-refractivity contribution in [1.82, 2.24) is 10.2 Å². The molecule has 0 fully saturated rings. The molecule has 1 aromatic heterocycles. The number of hydrogen-bond donors (Lipinski definition) is 2. The van der Waals surface area contributed by atoms with Crippen molar-refractivity contribution in [2.75, 3.05) is 12.8 Å². The number of carbonyl (C=O) groups excluding carboxylic acids is 2. The summed E-state index contributed by atoms with van der Waals surface area (Å²) in [4.78, 5) is 70.5. The molecule has 23 nitrogen and oxygen atoms in total. The number of halogens is 1. The third-order valence-electron chi connectivity index (χ3n) is 7.39. The number of Topliss-reactive ketones (excluding diaryl/α,β-unsaturated/α-hetero) is 1.